The minimum Gasteiger partial charge on any atom is -0.288 e. The summed E-state index contributed by atoms with van der Waals surface area (Å²) in [6.45, 7) is 1.97. The number of hydrazine groups is 1. The smallest absolute Gasteiger partial charge is 0.288 e. The van der Waals surface area contributed by atoms with E-state index in [0.29, 0.717) is 0 Å². The Bertz CT molecular complexity index is 727. The minimum atomic E-state index is -4.46. The molecule has 0 bridgehead atoms. The molecule has 2 aromatic rings. The van der Waals surface area contributed by atoms with E-state index in [1.807, 2.05) is 19.1 Å². The predicted octanol–water partition coefficient (Wildman–Crippen LogP) is 3.49. The number of hydrogen-bond acceptors (Lipinski definition) is 2. The highest BCUT2D eigenvalue weighted by Crippen LogP contribution is 2.39. The molecule has 1 N–H and O–H groups in total. The fraction of sp³-hybridized carbons (Fsp3) is 0.312. The van der Waals surface area contributed by atoms with Crippen LogP contribution < -0.4 is 5.43 Å². The fourth-order valence-electron chi connectivity index (χ4n) is 2.87. The highest BCUT2D eigenvalue weighted by atomic mass is 19.4. The van der Waals surface area contributed by atoms with Gasteiger partial charge in [-0.15, -0.1) is 0 Å². The molecule has 0 aromatic heterocycles. The number of benzene rings is 2. The van der Waals surface area contributed by atoms with Crippen LogP contribution in [0.15, 0.2) is 36.4 Å². The summed E-state index contributed by atoms with van der Waals surface area (Å²) >= 11 is 0. The third-order valence-corrected chi connectivity index (χ3v) is 3.91. The summed E-state index contributed by atoms with van der Waals surface area (Å²) in [5, 5.41) is 2.66. The summed E-state index contributed by atoms with van der Waals surface area (Å²) in [4.78, 5) is 11.3. The number of aryl methyl sites for hydroxylation is 1. The second-order valence-corrected chi connectivity index (χ2v) is 5.48. The van der Waals surface area contributed by atoms with Gasteiger partial charge >= 0.3 is 6.18 Å². The van der Waals surface area contributed by atoms with Crippen LogP contribution in [0.1, 0.15) is 23.6 Å². The second-order valence-electron chi connectivity index (χ2n) is 5.48. The van der Waals surface area contributed by atoms with E-state index in [1.165, 1.54) is 6.07 Å². The highest BCUT2D eigenvalue weighted by molar-refractivity contribution is 5.86. The van der Waals surface area contributed by atoms with Crippen molar-refractivity contribution >= 4 is 16.7 Å². The van der Waals surface area contributed by atoms with Crippen molar-refractivity contribution in [1.82, 2.24) is 10.4 Å². The predicted molar refractivity (Wildman–Crippen MR) is 76.9 cm³/mol. The number of alkyl halides is 3. The molecule has 0 saturated carbocycles. The van der Waals surface area contributed by atoms with E-state index >= 15 is 0 Å². The van der Waals surface area contributed by atoms with Gasteiger partial charge in [0.05, 0.1) is 0 Å². The summed E-state index contributed by atoms with van der Waals surface area (Å²) < 4.78 is 40.4. The van der Waals surface area contributed by atoms with E-state index < -0.39 is 12.2 Å². The van der Waals surface area contributed by atoms with Gasteiger partial charge in [-0.1, -0.05) is 30.3 Å². The van der Waals surface area contributed by atoms with Gasteiger partial charge in [0.1, 0.15) is 6.04 Å². The Hall–Kier alpha value is -2.08. The Kier molecular flexibility index (Phi) is 3.56. The average Bonchev–Trinajstić information content (AvgIpc) is 2.83. The lowest BCUT2D eigenvalue weighted by molar-refractivity contribution is -0.191. The van der Waals surface area contributed by atoms with Crippen LogP contribution in [0.25, 0.3) is 10.8 Å². The van der Waals surface area contributed by atoms with Crippen molar-refractivity contribution in [1.29, 1.82) is 0 Å². The van der Waals surface area contributed by atoms with E-state index in [1.54, 1.807) is 18.2 Å². The van der Waals surface area contributed by atoms with Gasteiger partial charge in [-0.25, -0.2) is 5.01 Å². The summed E-state index contributed by atoms with van der Waals surface area (Å²) in [6, 6.07) is 8.44. The first-order valence-electron chi connectivity index (χ1n) is 6.98. The number of carbonyl (C=O) groups excluding carboxylic acids is 1. The molecule has 1 fully saturated rings. The van der Waals surface area contributed by atoms with Gasteiger partial charge < -0.3 is 0 Å². The van der Waals surface area contributed by atoms with Crippen molar-refractivity contribution in [2.75, 3.05) is 6.54 Å². The third kappa shape index (κ3) is 2.66. The van der Waals surface area contributed by atoms with Crippen molar-refractivity contribution in [2.45, 2.75) is 25.6 Å². The topological polar surface area (TPSA) is 32.3 Å². The van der Waals surface area contributed by atoms with E-state index in [0.717, 1.165) is 21.3 Å². The standard InChI is InChI=1S/C16H15F3N2O/c1-10-3-2-4-11-9-12(5-6-13(10)11)15(16(17,18)19)21-8-7-14(22)20-21/h2-6,9,15H,7-8H2,1H3,(H,20,22)/t15-/m0/s1. The van der Waals surface area contributed by atoms with E-state index in [4.69, 9.17) is 0 Å². The number of rotatable bonds is 2. The zero-order valence-electron chi connectivity index (χ0n) is 11.9. The molecule has 6 heteroatoms. The second kappa shape index (κ2) is 5.28. The fourth-order valence-corrected chi connectivity index (χ4v) is 2.87. The monoisotopic (exact) mass is 308 g/mol. The molecule has 116 valence electrons. The molecule has 2 aromatic carbocycles. The Morgan fingerprint density at radius 1 is 1.23 bits per heavy atom. The number of nitrogens with zero attached hydrogens (tertiary/aromatic N) is 1. The van der Waals surface area contributed by atoms with Crippen molar-refractivity contribution < 1.29 is 18.0 Å². The molecule has 1 atom stereocenters. The van der Waals surface area contributed by atoms with Crippen molar-refractivity contribution in [3.05, 3.63) is 47.5 Å². The lowest BCUT2D eigenvalue weighted by Gasteiger charge is -2.29. The molecule has 3 nitrogen and oxygen atoms in total. The van der Waals surface area contributed by atoms with E-state index in [-0.39, 0.29) is 24.4 Å². The van der Waals surface area contributed by atoms with Crippen LogP contribution in [0, 0.1) is 6.92 Å². The van der Waals surface area contributed by atoms with Gasteiger partial charge in [0.15, 0.2) is 0 Å². The van der Waals surface area contributed by atoms with Gasteiger partial charge in [-0.2, -0.15) is 13.2 Å². The van der Waals surface area contributed by atoms with Gasteiger partial charge in [-0.05, 0) is 34.9 Å². The van der Waals surface area contributed by atoms with Crippen LogP contribution in [0.4, 0.5) is 13.2 Å². The summed E-state index contributed by atoms with van der Waals surface area (Å²) in [6.07, 6.45) is -4.38. The van der Waals surface area contributed by atoms with Crippen LogP contribution in [0.2, 0.25) is 0 Å². The van der Waals surface area contributed by atoms with Crippen molar-refractivity contribution in [2.24, 2.45) is 0 Å². The summed E-state index contributed by atoms with van der Waals surface area (Å²) in [5.41, 5.74) is 3.44. The van der Waals surface area contributed by atoms with Crippen molar-refractivity contribution in [3.63, 3.8) is 0 Å². The molecular formula is C16H15F3N2O. The van der Waals surface area contributed by atoms with Crippen LogP contribution in [-0.4, -0.2) is 23.6 Å². The Balaban J connectivity index is 2.06. The highest BCUT2D eigenvalue weighted by Gasteiger charge is 2.46. The molecule has 0 unspecified atom stereocenters. The first kappa shape index (κ1) is 14.8. The summed E-state index contributed by atoms with van der Waals surface area (Å²) in [5.74, 6) is -0.383. The lowest BCUT2D eigenvalue weighted by Crippen LogP contribution is -2.43. The first-order valence-corrected chi connectivity index (χ1v) is 6.98. The molecule has 0 radical (unpaired) electrons. The van der Waals surface area contributed by atoms with Crippen LogP contribution in [0.5, 0.6) is 0 Å². The lowest BCUT2D eigenvalue weighted by atomic mass is 9.99. The number of hydrogen-bond donors (Lipinski definition) is 1. The zero-order chi connectivity index (χ0) is 15.9. The van der Waals surface area contributed by atoms with E-state index in [2.05, 4.69) is 5.43 Å². The summed E-state index contributed by atoms with van der Waals surface area (Å²) in [7, 11) is 0. The van der Waals surface area contributed by atoms with Crippen molar-refractivity contribution in [3.8, 4) is 0 Å². The van der Waals surface area contributed by atoms with Crippen LogP contribution in [0.3, 0.4) is 0 Å². The van der Waals surface area contributed by atoms with Crippen LogP contribution >= 0.6 is 0 Å². The van der Waals surface area contributed by atoms with Gasteiger partial charge in [0, 0.05) is 13.0 Å². The zero-order valence-corrected chi connectivity index (χ0v) is 11.9. The van der Waals surface area contributed by atoms with E-state index in [9.17, 15) is 18.0 Å². The molecule has 0 spiro atoms. The largest absolute Gasteiger partial charge is 0.409 e. The number of fused-ring (bicyclic) bond motifs is 1. The number of amides is 1. The van der Waals surface area contributed by atoms with Gasteiger partial charge in [0.2, 0.25) is 5.91 Å². The Labute approximate surface area is 125 Å². The SMILES string of the molecule is Cc1cccc2cc([C@H](N3CCC(=O)N3)C(F)(F)F)ccc12. The number of halogens is 3. The molecule has 1 amide bonds. The maximum atomic E-state index is 13.5. The minimum absolute atomic E-state index is 0.0505. The molecule has 0 aliphatic carbocycles. The molecule has 22 heavy (non-hydrogen) atoms. The Morgan fingerprint density at radius 3 is 2.64 bits per heavy atom. The van der Waals surface area contributed by atoms with Crippen LogP contribution in [-0.2, 0) is 4.79 Å². The van der Waals surface area contributed by atoms with Gasteiger partial charge in [0.25, 0.3) is 0 Å². The molecule has 3 rings (SSSR count). The quantitative estimate of drug-likeness (QED) is 0.921. The molecule has 1 aliphatic heterocycles. The first-order chi connectivity index (χ1) is 10.4. The number of nitrogens with one attached hydrogen (secondary N) is 1. The molecule has 1 saturated heterocycles. The van der Waals surface area contributed by atoms with Gasteiger partial charge in [-0.3, -0.25) is 10.2 Å². The Morgan fingerprint density at radius 2 is 2.00 bits per heavy atom. The molecular weight excluding hydrogens is 293 g/mol. The normalized spacial score (nSPS) is 17.7. The molecule has 1 aliphatic rings. The maximum Gasteiger partial charge on any atom is 0.409 e. The number of carbonyl (C=O) groups is 1. The maximum absolute atomic E-state index is 13.5. The third-order valence-electron chi connectivity index (χ3n) is 3.91. The molecule has 1 heterocycles. The average molecular weight is 308 g/mol.